The summed E-state index contributed by atoms with van der Waals surface area (Å²) in [6.07, 6.45) is 0.403. The van der Waals surface area contributed by atoms with E-state index in [2.05, 4.69) is 0 Å². The molecule has 0 saturated carbocycles. The molecule has 0 aromatic heterocycles. The lowest BCUT2D eigenvalue weighted by molar-refractivity contribution is -0.153. The molecule has 0 aliphatic carbocycles. The van der Waals surface area contributed by atoms with Crippen LogP contribution in [0, 0.1) is 0 Å². The predicted octanol–water partition coefficient (Wildman–Crippen LogP) is 1.07. The molecule has 1 fully saturated rings. The van der Waals surface area contributed by atoms with Gasteiger partial charge in [-0.3, -0.25) is 9.59 Å². The van der Waals surface area contributed by atoms with Crippen molar-refractivity contribution in [1.82, 2.24) is 9.80 Å². The fourth-order valence-corrected chi connectivity index (χ4v) is 4.71. The van der Waals surface area contributed by atoms with Gasteiger partial charge in [-0.05, 0) is 25.8 Å². The average Bonchev–Trinajstić information content (AvgIpc) is 2.93. The van der Waals surface area contributed by atoms with Gasteiger partial charge in [0.15, 0.2) is 9.84 Å². The zero-order valence-electron chi connectivity index (χ0n) is 14.1. The first-order valence-electron chi connectivity index (χ1n) is 8.22. The van der Waals surface area contributed by atoms with Gasteiger partial charge in [0.05, 0.1) is 11.5 Å². The molecule has 1 heterocycles. The molecule has 2 amide bonds. The maximum Gasteiger partial charge on any atom is 0.312 e. The van der Waals surface area contributed by atoms with Crippen molar-refractivity contribution in [2.45, 2.75) is 32.9 Å². The van der Waals surface area contributed by atoms with Crippen LogP contribution in [0.15, 0.2) is 30.3 Å². The Hall–Kier alpha value is -1.89. The van der Waals surface area contributed by atoms with Gasteiger partial charge in [0, 0.05) is 25.7 Å². The van der Waals surface area contributed by atoms with E-state index in [-0.39, 0.29) is 11.5 Å². The maximum absolute atomic E-state index is 12.6. The summed E-state index contributed by atoms with van der Waals surface area (Å²) < 4.78 is 23.3. The first-order valence-corrected chi connectivity index (χ1v) is 10.0. The molecule has 0 bridgehead atoms. The summed E-state index contributed by atoms with van der Waals surface area (Å²) in [5.41, 5.74) is 0.951. The van der Waals surface area contributed by atoms with E-state index >= 15 is 0 Å². The van der Waals surface area contributed by atoms with E-state index in [1.165, 1.54) is 9.80 Å². The van der Waals surface area contributed by atoms with E-state index in [1.807, 2.05) is 37.3 Å². The highest BCUT2D eigenvalue weighted by Gasteiger charge is 2.37. The molecule has 132 valence electrons. The van der Waals surface area contributed by atoms with Gasteiger partial charge in [-0.25, -0.2) is 8.42 Å². The van der Waals surface area contributed by atoms with Crippen LogP contribution < -0.4 is 0 Å². The molecule has 1 aliphatic heterocycles. The molecule has 1 aliphatic rings. The Morgan fingerprint density at radius 3 is 2.25 bits per heavy atom. The van der Waals surface area contributed by atoms with Crippen LogP contribution in [0.25, 0.3) is 0 Å². The minimum Gasteiger partial charge on any atom is -0.331 e. The number of likely N-dealkylation sites (N-methyl/N-ethyl adjacent to an activating group) is 2. The monoisotopic (exact) mass is 352 g/mol. The number of nitrogens with zero attached hydrogens (tertiary/aromatic N) is 2. The molecule has 1 saturated heterocycles. The first-order chi connectivity index (χ1) is 11.4. The standard InChI is InChI=1S/C17H24N2O4S/c1-3-18(12-14-8-6-5-7-9-14)16(20)17(21)19(4-2)15-10-11-24(22,23)13-15/h5-9,15H,3-4,10-13H2,1-2H3. The van der Waals surface area contributed by atoms with Crippen molar-refractivity contribution in [3.63, 3.8) is 0 Å². The second-order valence-electron chi connectivity index (χ2n) is 5.95. The molecular weight excluding hydrogens is 328 g/mol. The quantitative estimate of drug-likeness (QED) is 0.743. The van der Waals surface area contributed by atoms with Crippen LogP contribution in [-0.2, 0) is 26.0 Å². The molecule has 0 N–H and O–H groups in total. The van der Waals surface area contributed by atoms with Crippen LogP contribution in [0.5, 0.6) is 0 Å². The molecular formula is C17H24N2O4S. The van der Waals surface area contributed by atoms with Crippen molar-refractivity contribution in [3.05, 3.63) is 35.9 Å². The topological polar surface area (TPSA) is 74.8 Å². The summed E-state index contributed by atoms with van der Waals surface area (Å²) in [5.74, 6) is -1.16. The molecule has 1 atom stereocenters. The zero-order chi connectivity index (χ0) is 17.7. The van der Waals surface area contributed by atoms with Crippen LogP contribution in [0.3, 0.4) is 0 Å². The second kappa shape index (κ2) is 7.79. The van der Waals surface area contributed by atoms with Gasteiger partial charge in [0.1, 0.15) is 0 Å². The highest BCUT2D eigenvalue weighted by Crippen LogP contribution is 2.18. The van der Waals surface area contributed by atoms with E-state index in [4.69, 9.17) is 0 Å². The summed E-state index contributed by atoms with van der Waals surface area (Å²) >= 11 is 0. The third-order valence-electron chi connectivity index (χ3n) is 4.32. The third kappa shape index (κ3) is 4.35. The zero-order valence-corrected chi connectivity index (χ0v) is 15.0. The first kappa shape index (κ1) is 18.4. The predicted molar refractivity (Wildman–Crippen MR) is 92.0 cm³/mol. The van der Waals surface area contributed by atoms with E-state index in [9.17, 15) is 18.0 Å². The molecule has 1 unspecified atom stereocenters. The van der Waals surface area contributed by atoms with Crippen molar-refractivity contribution in [2.24, 2.45) is 0 Å². The van der Waals surface area contributed by atoms with Crippen LogP contribution in [0.4, 0.5) is 0 Å². The van der Waals surface area contributed by atoms with Crippen molar-refractivity contribution < 1.29 is 18.0 Å². The van der Waals surface area contributed by atoms with Gasteiger partial charge in [-0.15, -0.1) is 0 Å². The highest BCUT2D eigenvalue weighted by molar-refractivity contribution is 7.91. The normalized spacial score (nSPS) is 19.0. The molecule has 0 radical (unpaired) electrons. The number of hydrogen-bond acceptors (Lipinski definition) is 4. The van der Waals surface area contributed by atoms with Crippen molar-refractivity contribution in [1.29, 1.82) is 0 Å². The fraction of sp³-hybridized carbons (Fsp3) is 0.529. The molecule has 0 spiro atoms. The summed E-state index contributed by atoms with van der Waals surface area (Å²) in [7, 11) is -3.10. The minimum atomic E-state index is -3.10. The number of sulfone groups is 1. The molecule has 1 aromatic rings. The van der Waals surface area contributed by atoms with E-state index in [0.29, 0.717) is 26.1 Å². The van der Waals surface area contributed by atoms with Crippen LogP contribution in [-0.4, -0.2) is 60.7 Å². The lowest BCUT2D eigenvalue weighted by atomic mass is 10.2. The number of rotatable bonds is 5. The summed E-state index contributed by atoms with van der Waals surface area (Å²) in [4.78, 5) is 28.1. The summed E-state index contributed by atoms with van der Waals surface area (Å²) in [6, 6.07) is 9.08. The second-order valence-corrected chi connectivity index (χ2v) is 8.18. The largest absolute Gasteiger partial charge is 0.331 e. The Labute approximate surface area is 143 Å². The molecule has 1 aromatic carbocycles. The Kier molecular flexibility index (Phi) is 5.99. The van der Waals surface area contributed by atoms with Gasteiger partial charge < -0.3 is 9.80 Å². The molecule has 7 heteroatoms. The number of hydrogen-bond donors (Lipinski definition) is 0. The molecule has 2 rings (SSSR count). The van der Waals surface area contributed by atoms with Crippen LogP contribution in [0.2, 0.25) is 0 Å². The van der Waals surface area contributed by atoms with E-state index in [1.54, 1.807) is 6.92 Å². The lowest BCUT2D eigenvalue weighted by Gasteiger charge is -2.29. The van der Waals surface area contributed by atoms with Gasteiger partial charge in [-0.2, -0.15) is 0 Å². The third-order valence-corrected chi connectivity index (χ3v) is 6.07. The SMILES string of the molecule is CCN(Cc1ccccc1)C(=O)C(=O)N(CC)C1CCS(=O)(=O)C1. The van der Waals surface area contributed by atoms with Crippen LogP contribution in [0.1, 0.15) is 25.8 Å². The highest BCUT2D eigenvalue weighted by atomic mass is 32.2. The maximum atomic E-state index is 12.6. The van der Waals surface area contributed by atoms with Gasteiger partial charge >= 0.3 is 11.8 Å². The molecule has 24 heavy (non-hydrogen) atoms. The van der Waals surface area contributed by atoms with Crippen molar-refractivity contribution in [3.8, 4) is 0 Å². The number of benzene rings is 1. The van der Waals surface area contributed by atoms with E-state index < -0.39 is 27.7 Å². The average molecular weight is 352 g/mol. The van der Waals surface area contributed by atoms with Gasteiger partial charge in [0.25, 0.3) is 0 Å². The Bertz CT molecular complexity index is 688. The van der Waals surface area contributed by atoms with Gasteiger partial charge in [0.2, 0.25) is 0 Å². The number of amides is 2. The Morgan fingerprint density at radius 1 is 1.08 bits per heavy atom. The number of carbonyl (C=O) groups is 2. The van der Waals surface area contributed by atoms with Crippen LogP contribution >= 0.6 is 0 Å². The van der Waals surface area contributed by atoms with Gasteiger partial charge in [-0.1, -0.05) is 30.3 Å². The lowest BCUT2D eigenvalue weighted by Crippen LogP contribution is -2.49. The minimum absolute atomic E-state index is 0.0509. The summed E-state index contributed by atoms with van der Waals surface area (Å²) in [5, 5.41) is 0. The van der Waals surface area contributed by atoms with E-state index in [0.717, 1.165) is 5.56 Å². The Balaban J connectivity index is 2.09. The van der Waals surface area contributed by atoms with Crippen molar-refractivity contribution >= 4 is 21.7 Å². The Morgan fingerprint density at radius 2 is 1.75 bits per heavy atom. The van der Waals surface area contributed by atoms with Crippen molar-refractivity contribution in [2.75, 3.05) is 24.6 Å². The smallest absolute Gasteiger partial charge is 0.312 e. The fourth-order valence-electron chi connectivity index (χ4n) is 2.98. The molecule has 6 nitrogen and oxygen atoms in total. The summed E-state index contributed by atoms with van der Waals surface area (Å²) in [6.45, 7) is 4.70. The number of carbonyl (C=O) groups excluding carboxylic acids is 2.